The number of halogens is 2. The zero-order valence-electron chi connectivity index (χ0n) is 10.3. The first kappa shape index (κ1) is 16.2. The Morgan fingerprint density at radius 1 is 1.55 bits per heavy atom. The van der Waals surface area contributed by atoms with Crippen LogP contribution in [0.2, 0.25) is 5.02 Å². The Balaban J connectivity index is 2.04. The predicted octanol–water partition coefficient (Wildman–Crippen LogP) is 2.94. The van der Waals surface area contributed by atoms with Gasteiger partial charge in [-0.1, -0.05) is 18.0 Å². The van der Waals surface area contributed by atoms with Gasteiger partial charge in [-0.25, -0.2) is 13.1 Å². The maximum atomic E-state index is 12.1. The second-order valence-corrected chi connectivity index (χ2v) is 9.45. The van der Waals surface area contributed by atoms with Crippen LogP contribution in [-0.2, 0) is 14.8 Å². The minimum absolute atomic E-state index is 0.124. The van der Waals surface area contributed by atoms with Crippen molar-refractivity contribution in [2.45, 2.75) is 23.5 Å². The normalized spacial score (nSPS) is 23.1. The summed E-state index contributed by atoms with van der Waals surface area (Å²) in [5.41, 5.74) is 0. The molecule has 5 nitrogen and oxygen atoms in total. The van der Waals surface area contributed by atoms with Crippen LogP contribution in [0, 0.1) is 11.8 Å². The van der Waals surface area contributed by atoms with Crippen molar-refractivity contribution in [1.82, 2.24) is 4.72 Å². The Hall–Kier alpha value is -0.150. The van der Waals surface area contributed by atoms with Gasteiger partial charge in [-0.2, -0.15) is 0 Å². The van der Waals surface area contributed by atoms with Gasteiger partial charge < -0.3 is 5.11 Å². The summed E-state index contributed by atoms with van der Waals surface area (Å²) < 4.78 is 27.4. The average molecular weight is 403 g/mol. The highest BCUT2D eigenvalue weighted by Gasteiger charge is 2.33. The molecule has 1 aromatic rings. The second-order valence-electron chi connectivity index (χ2n) is 4.67. The quantitative estimate of drug-likeness (QED) is 0.793. The van der Waals surface area contributed by atoms with Crippen LogP contribution in [0.1, 0.15) is 19.3 Å². The van der Waals surface area contributed by atoms with E-state index >= 15 is 0 Å². The van der Waals surface area contributed by atoms with E-state index in [1.165, 1.54) is 6.07 Å². The fourth-order valence-corrected chi connectivity index (χ4v) is 5.89. The molecule has 1 heterocycles. The van der Waals surface area contributed by atoms with E-state index < -0.39 is 21.9 Å². The summed E-state index contributed by atoms with van der Waals surface area (Å²) in [6.45, 7) is 0.145. The summed E-state index contributed by atoms with van der Waals surface area (Å²) in [6, 6.07) is 1.38. The summed E-state index contributed by atoms with van der Waals surface area (Å²) in [7, 11) is -3.64. The fourth-order valence-electron chi connectivity index (χ4n) is 2.35. The first-order chi connectivity index (χ1) is 9.31. The van der Waals surface area contributed by atoms with Crippen LogP contribution in [0.5, 0.6) is 0 Å². The lowest BCUT2D eigenvalue weighted by Crippen LogP contribution is -2.32. The monoisotopic (exact) mass is 401 g/mol. The van der Waals surface area contributed by atoms with Crippen molar-refractivity contribution in [2.75, 3.05) is 6.54 Å². The Kier molecular flexibility index (Phi) is 5.12. The van der Waals surface area contributed by atoms with Gasteiger partial charge in [0.25, 0.3) is 0 Å². The average Bonchev–Trinajstić information content (AvgIpc) is 2.95. The summed E-state index contributed by atoms with van der Waals surface area (Å²) in [4.78, 5) is 11.1. The Morgan fingerprint density at radius 3 is 2.80 bits per heavy atom. The minimum atomic E-state index is -3.64. The molecule has 9 heteroatoms. The smallest absolute Gasteiger partial charge is 0.306 e. The summed E-state index contributed by atoms with van der Waals surface area (Å²) in [5.74, 6) is -1.47. The van der Waals surface area contributed by atoms with Gasteiger partial charge in [-0.05, 0) is 40.8 Å². The molecule has 2 N–H and O–H groups in total. The topological polar surface area (TPSA) is 83.5 Å². The molecule has 0 amide bonds. The largest absolute Gasteiger partial charge is 0.481 e. The minimum Gasteiger partial charge on any atom is -0.481 e. The number of carboxylic acids is 1. The van der Waals surface area contributed by atoms with Crippen LogP contribution in [0.25, 0.3) is 0 Å². The van der Waals surface area contributed by atoms with E-state index in [1.54, 1.807) is 0 Å². The van der Waals surface area contributed by atoms with Crippen molar-refractivity contribution in [2.24, 2.45) is 11.8 Å². The standard InChI is InChI=1S/C11H13BrClNO4S2/c12-10-8(13)4-9(19-10)20(17,18)14-5-6-2-1-3-7(6)11(15)16/h4,6-7,14H,1-3,5H2,(H,15,16). The van der Waals surface area contributed by atoms with Gasteiger partial charge in [0, 0.05) is 6.54 Å². The van der Waals surface area contributed by atoms with Crippen LogP contribution in [0.4, 0.5) is 0 Å². The van der Waals surface area contributed by atoms with Crippen molar-refractivity contribution < 1.29 is 18.3 Å². The second kappa shape index (κ2) is 6.31. The molecule has 1 aliphatic carbocycles. The molecule has 0 saturated heterocycles. The number of hydrogen-bond acceptors (Lipinski definition) is 4. The van der Waals surface area contributed by atoms with Gasteiger partial charge in [0.1, 0.15) is 4.21 Å². The Morgan fingerprint density at radius 2 is 2.25 bits per heavy atom. The molecular formula is C11H13BrClNO4S2. The third kappa shape index (κ3) is 3.54. The highest BCUT2D eigenvalue weighted by molar-refractivity contribution is 9.11. The maximum Gasteiger partial charge on any atom is 0.306 e. The molecule has 1 fully saturated rings. The molecule has 1 aliphatic rings. The zero-order chi connectivity index (χ0) is 14.9. The fraction of sp³-hybridized carbons (Fsp3) is 0.545. The lowest BCUT2D eigenvalue weighted by molar-refractivity contribution is -0.142. The lowest BCUT2D eigenvalue weighted by atomic mass is 9.97. The third-order valence-corrected chi connectivity index (χ3v) is 7.77. The van der Waals surface area contributed by atoms with E-state index in [1.807, 2.05) is 0 Å². The third-order valence-electron chi connectivity index (χ3n) is 3.40. The van der Waals surface area contributed by atoms with Crippen molar-refractivity contribution in [1.29, 1.82) is 0 Å². The number of carbonyl (C=O) groups is 1. The van der Waals surface area contributed by atoms with Crippen molar-refractivity contribution in [3.63, 3.8) is 0 Å². The van der Waals surface area contributed by atoms with Crippen LogP contribution < -0.4 is 4.72 Å². The highest BCUT2D eigenvalue weighted by Crippen LogP contribution is 2.35. The summed E-state index contributed by atoms with van der Waals surface area (Å²) in [5, 5.41) is 9.42. The van der Waals surface area contributed by atoms with E-state index in [0.29, 0.717) is 15.2 Å². The Labute approximate surface area is 134 Å². The zero-order valence-corrected chi connectivity index (χ0v) is 14.3. The van der Waals surface area contributed by atoms with E-state index in [9.17, 15) is 13.2 Å². The lowest BCUT2D eigenvalue weighted by Gasteiger charge is -2.15. The first-order valence-corrected chi connectivity index (χ1v) is 9.45. The van der Waals surface area contributed by atoms with E-state index in [0.717, 1.165) is 24.2 Å². The SMILES string of the molecule is O=C(O)C1CCCC1CNS(=O)(=O)c1cc(Cl)c(Br)s1. The molecular weight excluding hydrogens is 390 g/mol. The van der Waals surface area contributed by atoms with Crippen molar-refractivity contribution in [3.05, 3.63) is 14.9 Å². The molecule has 1 aromatic heterocycles. The van der Waals surface area contributed by atoms with E-state index in [4.69, 9.17) is 16.7 Å². The number of sulfonamides is 1. The van der Waals surface area contributed by atoms with Crippen LogP contribution in [0.3, 0.4) is 0 Å². The Bertz CT molecular complexity index is 596. The van der Waals surface area contributed by atoms with Gasteiger partial charge >= 0.3 is 5.97 Å². The van der Waals surface area contributed by atoms with E-state index in [-0.39, 0.29) is 16.7 Å². The number of thiophene rings is 1. The summed E-state index contributed by atoms with van der Waals surface area (Å²) in [6.07, 6.45) is 2.16. The van der Waals surface area contributed by atoms with Gasteiger partial charge in [0.15, 0.2) is 0 Å². The molecule has 0 aliphatic heterocycles. The highest BCUT2D eigenvalue weighted by atomic mass is 79.9. The van der Waals surface area contributed by atoms with Gasteiger partial charge in [-0.3, -0.25) is 4.79 Å². The molecule has 0 radical (unpaired) electrons. The maximum absolute atomic E-state index is 12.1. The first-order valence-electron chi connectivity index (χ1n) is 5.98. The number of carboxylic acid groups (broad SMARTS) is 1. The van der Waals surface area contributed by atoms with Crippen LogP contribution in [-0.4, -0.2) is 26.0 Å². The van der Waals surface area contributed by atoms with Crippen molar-refractivity contribution in [3.8, 4) is 0 Å². The number of rotatable bonds is 5. The summed E-state index contributed by atoms with van der Waals surface area (Å²) >= 11 is 10.0. The number of aliphatic carboxylic acids is 1. The number of nitrogens with one attached hydrogen (secondary N) is 1. The van der Waals surface area contributed by atoms with Crippen molar-refractivity contribution >= 4 is 54.9 Å². The number of hydrogen-bond donors (Lipinski definition) is 2. The molecule has 1 saturated carbocycles. The molecule has 112 valence electrons. The molecule has 0 bridgehead atoms. The molecule has 0 spiro atoms. The molecule has 0 aromatic carbocycles. The van der Waals surface area contributed by atoms with Crippen LogP contribution in [0.15, 0.2) is 14.1 Å². The molecule has 20 heavy (non-hydrogen) atoms. The molecule has 2 unspecified atom stereocenters. The van der Waals surface area contributed by atoms with Gasteiger partial charge in [-0.15, -0.1) is 11.3 Å². The molecule has 2 rings (SSSR count). The van der Waals surface area contributed by atoms with Gasteiger partial charge in [0.05, 0.1) is 14.7 Å². The molecule has 2 atom stereocenters. The van der Waals surface area contributed by atoms with Gasteiger partial charge in [0.2, 0.25) is 10.0 Å². The van der Waals surface area contributed by atoms with Crippen LogP contribution >= 0.6 is 38.9 Å². The predicted molar refractivity (Wildman–Crippen MR) is 80.7 cm³/mol. The van der Waals surface area contributed by atoms with E-state index in [2.05, 4.69) is 20.7 Å².